The van der Waals surface area contributed by atoms with Gasteiger partial charge < -0.3 is 11.1 Å². The lowest BCUT2D eigenvalue weighted by molar-refractivity contribution is 0.530. The van der Waals surface area contributed by atoms with Crippen molar-refractivity contribution in [1.29, 1.82) is 0 Å². The summed E-state index contributed by atoms with van der Waals surface area (Å²) in [4.78, 5) is 8.66. The number of hydrogen-bond acceptors (Lipinski definition) is 2. The molecular weight excluding hydrogens is 236 g/mol. The predicted octanol–water partition coefficient (Wildman–Crippen LogP) is 2.25. The molecule has 3 N–H and O–H groups in total. The van der Waals surface area contributed by atoms with Crippen LogP contribution in [0.3, 0.4) is 0 Å². The number of nitrogens with zero attached hydrogens (tertiary/aromatic N) is 2. The first-order valence-corrected chi connectivity index (χ1v) is 7.31. The first-order valence-electron chi connectivity index (χ1n) is 7.31. The molecule has 1 aromatic rings. The van der Waals surface area contributed by atoms with Gasteiger partial charge in [0.2, 0.25) is 0 Å². The maximum absolute atomic E-state index is 5.94. The summed E-state index contributed by atoms with van der Waals surface area (Å²) in [6, 6.07) is 6.46. The van der Waals surface area contributed by atoms with Crippen LogP contribution in [0.4, 0.5) is 0 Å². The molecule has 0 bridgehead atoms. The number of rotatable bonds is 4. The van der Waals surface area contributed by atoms with Gasteiger partial charge in [-0.3, -0.25) is 9.98 Å². The van der Waals surface area contributed by atoms with E-state index in [-0.39, 0.29) is 0 Å². The summed E-state index contributed by atoms with van der Waals surface area (Å²) in [6.45, 7) is 0.697. The van der Waals surface area contributed by atoms with Gasteiger partial charge in [-0.05, 0) is 25.0 Å². The first kappa shape index (κ1) is 13.8. The average Bonchev–Trinajstić information content (AvgIpc) is 2.68. The molecule has 1 fully saturated rings. The topological polar surface area (TPSA) is 63.3 Å². The molecule has 1 saturated carbocycles. The highest BCUT2D eigenvalue weighted by molar-refractivity contribution is 5.78. The Morgan fingerprint density at radius 1 is 1.26 bits per heavy atom. The fourth-order valence-electron chi connectivity index (χ4n) is 2.52. The van der Waals surface area contributed by atoms with Gasteiger partial charge in [-0.15, -0.1) is 0 Å². The van der Waals surface area contributed by atoms with Crippen molar-refractivity contribution in [3.8, 4) is 0 Å². The largest absolute Gasteiger partial charge is 0.370 e. The van der Waals surface area contributed by atoms with Crippen LogP contribution in [-0.2, 0) is 6.42 Å². The molecule has 0 spiro atoms. The Balaban J connectivity index is 1.72. The second kappa shape index (κ2) is 7.77. The van der Waals surface area contributed by atoms with E-state index in [4.69, 9.17) is 5.73 Å². The van der Waals surface area contributed by atoms with Crippen molar-refractivity contribution in [3.63, 3.8) is 0 Å². The minimum absolute atomic E-state index is 0.515. The van der Waals surface area contributed by atoms with Gasteiger partial charge in [0.1, 0.15) is 0 Å². The van der Waals surface area contributed by atoms with Gasteiger partial charge in [-0.1, -0.05) is 31.7 Å². The zero-order valence-corrected chi connectivity index (χ0v) is 11.5. The molecule has 0 radical (unpaired) electrons. The number of aliphatic imine (C=N–C) groups is 1. The molecule has 4 heteroatoms. The number of guanidine groups is 1. The van der Waals surface area contributed by atoms with E-state index in [0.29, 0.717) is 18.5 Å². The number of hydrogen-bond donors (Lipinski definition) is 2. The highest BCUT2D eigenvalue weighted by Gasteiger charge is 2.11. The highest BCUT2D eigenvalue weighted by Crippen LogP contribution is 2.16. The zero-order valence-electron chi connectivity index (χ0n) is 11.5. The standard InChI is InChI=1S/C15H24N4/c16-15(19-14-8-3-1-2-4-9-14)18-12-10-13-7-5-6-11-17-13/h5-7,11,14H,1-4,8-10,12H2,(H3,16,18,19). The number of pyridine rings is 1. The van der Waals surface area contributed by atoms with E-state index in [1.165, 1.54) is 38.5 Å². The van der Waals surface area contributed by atoms with Crippen LogP contribution in [0.25, 0.3) is 0 Å². The molecular formula is C15H24N4. The predicted molar refractivity (Wildman–Crippen MR) is 79.1 cm³/mol. The molecule has 0 amide bonds. The third kappa shape index (κ3) is 5.28. The molecule has 0 aliphatic heterocycles. The van der Waals surface area contributed by atoms with Gasteiger partial charge in [0.25, 0.3) is 0 Å². The summed E-state index contributed by atoms with van der Waals surface area (Å²) in [7, 11) is 0. The van der Waals surface area contributed by atoms with E-state index in [2.05, 4.69) is 15.3 Å². The minimum Gasteiger partial charge on any atom is -0.370 e. The summed E-state index contributed by atoms with van der Waals surface area (Å²) < 4.78 is 0. The van der Waals surface area contributed by atoms with Gasteiger partial charge in [-0.25, -0.2) is 0 Å². The van der Waals surface area contributed by atoms with Crippen molar-refractivity contribution >= 4 is 5.96 Å². The molecule has 4 nitrogen and oxygen atoms in total. The monoisotopic (exact) mass is 260 g/mol. The minimum atomic E-state index is 0.515. The molecule has 0 unspecified atom stereocenters. The van der Waals surface area contributed by atoms with Crippen LogP contribution in [0.5, 0.6) is 0 Å². The molecule has 0 aromatic carbocycles. The van der Waals surface area contributed by atoms with Crippen molar-refractivity contribution in [2.75, 3.05) is 6.54 Å². The van der Waals surface area contributed by atoms with Crippen molar-refractivity contribution in [2.24, 2.45) is 10.7 Å². The summed E-state index contributed by atoms with van der Waals surface area (Å²) >= 11 is 0. The van der Waals surface area contributed by atoms with Gasteiger partial charge >= 0.3 is 0 Å². The van der Waals surface area contributed by atoms with E-state index >= 15 is 0 Å². The van der Waals surface area contributed by atoms with Crippen LogP contribution in [0.2, 0.25) is 0 Å². The Labute approximate surface area is 115 Å². The summed E-state index contributed by atoms with van der Waals surface area (Å²) in [5.41, 5.74) is 7.00. The van der Waals surface area contributed by atoms with Gasteiger partial charge in [-0.2, -0.15) is 0 Å². The SMILES string of the molecule is NC(=NCCc1ccccn1)NC1CCCCCC1. The molecule has 1 heterocycles. The quantitative estimate of drug-likeness (QED) is 0.496. The Morgan fingerprint density at radius 2 is 2.05 bits per heavy atom. The van der Waals surface area contributed by atoms with Crippen LogP contribution in [0.15, 0.2) is 29.4 Å². The normalized spacial score (nSPS) is 18.0. The first-order chi connectivity index (χ1) is 9.34. The van der Waals surface area contributed by atoms with E-state index in [1.807, 2.05) is 24.4 Å². The zero-order chi connectivity index (χ0) is 13.3. The smallest absolute Gasteiger partial charge is 0.188 e. The lowest BCUT2D eigenvalue weighted by Crippen LogP contribution is -2.40. The van der Waals surface area contributed by atoms with Crippen molar-refractivity contribution in [2.45, 2.75) is 51.0 Å². The Kier molecular flexibility index (Phi) is 5.66. The maximum atomic E-state index is 5.94. The number of nitrogens with one attached hydrogen (secondary N) is 1. The van der Waals surface area contributed by atoms with Gasteiger partial charge in [0, 0.05) is 30.9 Å². The number of aromatic nitrogens is 1. The molecule has 0 atom stereocenters. The molecule has 0 saturated heterocycles. The molecule has 2 rings (SSSR count). The third-order valence-electron chi connectivity index (χ3n) is 3.58. The van der Waals surface area contributed by atoms with Gasteiger partial charge in [0.05, 0.1) is 0 Å². The molecule has 1 aliphatic rings. The van der Waals surface area contributed by atoms with Gasteiger partial charge in [0.15, 0.2) is 5.96 Å². The van der Waals surface area contributed by atoms with Crippen molar-refractivity contribution in [1.82, 2.24) is 10.3 Å². The fourth-order valence-corrected chi connectivity index (χ4v) is 2.52. The average molecular weight is 260 g/mol. The lowest BCUT2D eigenvalue weighted by Gasteiger charge is -2.16. The molecule has 1 aliphatic carbocycles. The van der Waals surface area contributed by atoms with Crippen LogP contribution in [0, 0.1) is 0 Å². The third-order valence-corrected chi connectivity index (χ3v) is 3.58. The molecule has 1 aromatic heterocycles. The Morgan fingerprint density at radius 3 is 2.74 bits per heavy atom. The Bertz CT molecular complexity index is 380. The highest BCUT2D eigenvalue weighted by atomic mass is 15.1. The summed E-state index contributed by atoms with van der Waals surface area (Å²) in [6.07, 6.45) is 10.4. The second-order valence-electron chi connectivity index (χ2n) is 5.17. The van der Waals surface area contributed by atoms with Crippen LogP contribution < -0.4 is 11.1 Å². The maximum Gasteiger partial charge on any atom is 0.188 e. The second-order valence-corrected chi connectivity index (χ2v) is 5.17. The van der Waals surface area contributed by atoms with Crippen LogP contribution >= 0.6 is 0 Å². The van der Waals surface area contributed by atoms with E-state index < -0.39 is 0 Å². The molecule has 104 valence electrons. The van der Waals surface area contributed by atoms with E-state index in [1.54, 1.807) is 0 Å². The fraction of sp³-hybridized carbons (Fsp3) is 0.600. The summed E-state index contributed by atoms with van der Waals surface area (Å²) in [5, 5.41) is 3.35. The Hall–Kier alpha value is -1.58. The van der Waals surface area contributed by atoms with Crippen molar-refractivity contribution in [3.05, 3.63) is 30.1 Å². The summed E-state index contributed by atoms with van der Waals surface area (Å²) in [5.74, 6) is 0.586. The lowest BCUT2D eigenvalue weighted by atomic mass is 10.1. The van der Waals surface area contributed by atoms with Crippen molar-refractivity contribution < 1.29 is 0 Å². The van der Waals surface area contributed by atoms with Crippen LogP contribution in [-0.4, -0.2) is 23.5 Å². The van der Waals surface area contributed by atoms with E-state index in [0.717, 1.165) is 12.1 Å². The number of nitrogens with two attached hydrogens (primary N) is 1. The van der Waals surface area contributed by atoms with E-state index in [9.17, 15) is 0 Å². The van der Waals surface area contributed by atoms with Crippen LogP contribution in [0.1, 0.15) is 44.2 Å². The molecule has 19 heavy (non-hydrogen) atoms.